The fraction of sp³-hybridized carbons (Fsp3) is 0.692. The fourth-order valence-electron chi connectivity index (χ4n) is 2.40. The average Bonchev–Trinajstić information content (AvgIpc) is 2.84. The highest BCUT2D eigenvalue weighted by atomic mass is 16.5. The Morgan fingerprint density at radius 3 is 3.11 bits per heavy atom. The van der Waals surface area contributed by atoms with Crippen LogP contribution in [0, 0.1) is 5.92 Å². The monoisotopic (exact) mass is 250 g/mol. The smallest absolute Gasteiger partial charge is 0.218 e. The zero-order chi connectivity index (χ0) is 12.8. The van der Waals surface area contributed by atoms with E-state index in [9.17, 15) is 0 Å². The van der Waals surface area contributed by atoms with Gasteiger partial charge in [-0.2, -0.15) is 0 Å². The molecule has 1 fully saturated rings. The van der Waals surface area contributed by atoms with Gasteiger partial charge in [-0.3, -0.25) is 0 Å². The Morgan fingerprint density at radius 2 is 2.33 bits per heavy atom. The van der Waals surface area contributed by atoms with Crippen LogP contribution in [-0.4, -0.2) is 29.2 Å². The first-order valence-electron chi connectivity index (χ1n) is 6.75. The molecule has 1 aliphatic rings. The number of hydrogen-bond acceptors (Lipinski definition) is 5. The van der Waals surface area contributed by atoms with Crippen molar-refractivity contribution >= 4 is 5.82 Å². The van der Waals surface area contributed by atoms with E-state index in [4.69, 9.17) is 10.5 Å². The van der Waals surface area contributed by atoms with Gasteiger partial charge in [-0.05, 0) is 31.7 Å². The van der Waals surface area contributed by atoms with Crippen LogP contribution >= 0.6 is 0 Å². The van der Waals surface area contributed by atoms with Crippen molar-refractivity contribution in [2.45, 2.75) is 38.6 Å². The molecule has 1 aliphatic carbocycles. The largest absolute Gasteiger partial charge is 0.478 e. The Bertz CT molecular complexity index is 372. The first-order valence-corrected chi connectivity index (χ1v) is 6.75. The van der Waals surface area contributed by atoms with Crippen LogP contribution in [0.3, 0.4) is 0 Å². The first-order chi connectivity index (χ1) is 8.83. The van der Waals surface area contributed by atoms with Crippen molar-refractivity contribution in [3.8, 4) is 5.88 Å². The average molecular weight is 250 g/mol. The molecule has 0 amide bonds. The SMILES string of the molecule is CCCOc1cc(NC2CCCC2CN)ncn1. The molecule has 0 bridgehead atoms. The molecule has 0 spiro atoms. The predicted octanol–water partition coefficient (Wildman–Crippen LogP) is 1.80. The normalized spacial score (nSPS) is 23.0. The van der Waals surface area contributed by atoms with Gasteiger partial charge in [-0.1, -0.05) is 13.3 Å². The van der Waals surface area contributed by atoms with Gasteiger partial charge in [0.1, 0.15) is 12.1 Å². The maximum atomic E-state index is 5.78. The number of anilines is 1. The minimum atomic E-state index is 0.434. The van der Waals surface area contributed by atoms with Crippen molar-refractivity contribution in [3.05, 3.63) is 12.4 Å². The van der Waals surface area contributed by atoms with Gasteiger partial charge in [0.2, 0.25) is 5.88 Å². The quantitative estimate of drug-likeness (QED) is 0.805. The van der Waals surface area contributed by atoms with Crippen molar-refractivity contribution < 1.29 is 4.74 Å². The Labute approximate surface area is 108 Å². The molecule has 3 N–H and O–H groups in total. The lowest BCUT2D eigenvalue weighted by Crippen LogP contribution is -2.29. The van der Waals surface area contributed by atoms with E-state index >= 15 is 0 Å². The van der Waals surface area contributed by atoms with Gasteiger partial charge in [0.05, 0.1) is 6.61 Å². The molecular weight excluding hydrogens is 228 g/mol. The standard InChI is InChI=1S/C13H22N4O/c1-2-6-18-13-7-12(15-9-16-13)17-11-5-3-4-10(11)8-14/h7,9-11H,2-6,8,14H2,1H3,(H,15,16,17). The third-order valence-corrected chi connectivity index (χ3v) is 3.39. The summed E-state index contributed by atoms with van der Waals surface area (Å²) in [7, 11) is 0. The summed E-state index contributed by atoms with van der Waals surface area (Å²) in [6.07, 6.45) is 6.13. The molecule has 5 heteroatoms. The first kappa shape index (κ1) is 13.1. The Balaban J connectivity index is 1.96. The highest BCUT2D eigenvalue weighted by molar-refractivity contribution is 5.38. The van der Waals surface area contributed by atoms with Crippen molar-refractivity contribution in [1.82, 2.24) is 9.97 Å². The number of rotatable bonds is 6. The maximum Gasteiger partial charge on any atom is 0.218 e. The molecule has 0 aromatic carbocycles. The number of hydrogen-bond donors (Lipinski definition) is 2. The summed E-state index contributed by atoms with van der Waals surface area (Å²) < 4.78 is 5.50. The van der Waals surface area contributed by atoms with Crippen LogP contribution in [0.5, 0.6) is 5.88 Å². The highest BCUT2D eigenvalue weighted by Crippen LogP contribution is 2.27. The zero-order valence-electron chi connectivity index (χ0n) is 10.9. The molecule has 2 rings (SSSR count). The third-order valence-electron chi connectivity index (χ3n) is 3.39. The molecular formula is C13H22N4O. The Morgan fingerprint density at radius 1 is 1.44 bits per heavy atom. The third kappa shape index (κ3) is 3.32. The summed E-state index contributed by atoms with van der Waals surface area (Å²) in [5.74, 6) is 2.03. The van der Waals surface area contributed by atoms with E-state index in [1.165, 1.54) is 12.8 Å². The van der Waals surface area contributed by atoms with Crippen molar-refractivity contribution in [1.29, 1.82) is 0 Å². The van der Waals surface area contributed by atoms with Gasteiger partial charge in [0, 0.05) is 12.1 Å². The summed E-state index contributed by atoms with van der Waals surface area (Å²) in [5.41, 5.74) is 5.78. The molecule has 0 radical (unpaired) electrons. The molecule has 1 aromatic rings. The van der Waals surface area contributed by atoms with E-state index in [0.717, 1.165) is 25.2 Å². The van der Waals surface area contributed by atoms with Crippen LogP contribution in [-0.2, 0) is 0 Å². The number of nitrogens with two attached hydrogens (primary N) is 1. The lowest BCUT2D eigenvalue weighted by atomic mass is 10.0. The summed E-state index contributed by atoms with van der Waals surface area (Å²) in [4.78, 5) is 8.33. The predicted molar refractivity (Wildman–Crippen MR) is 71.6 cm³/mol. The number of nitrogens with one attached hydrogen (secondary N) is 1. The molecule has 1 aromatic heterocycles. The van der Waals surface area contributed by atoms with Gasteiger partial charge in [-0.15, -0.1) is 0 Å². The van der Waals surface area contributed by atoms with Crippen LogP contribution < -0.4 is 15.8 Å². The van der Waals surface area contributed by atoms with Gasteiger partial charge >= 0.3 is 0 Å². The van der Waals surface area contributed by atoms with Crippen molar-refractivity contribution in [2.24, 2.45) is 11.7 Å². The lowest BCUT2D eigenvalue weighted by molar-refractivity contribution is 0.305. The van der Waals surface area contributed by atoms with Crippen LogP contribution in [0.2, 0.25) is 0 Å². The lowest BCUT2D eigenvalue weighted by Gasteiger charge is -2.20. The minimum absolute atomic E-state index is 0.434. The summed E-state index contributed by atoms with van der Waals surface area (Å²) >= 11 is 0. The van der Waals surface area contributed by atoms with Crippen molar-refractivity contribution in [3.63, 3.8) is 0 Å². The van der Waals surface area contributed by atoms with Crippen molar-refractivity contribution in [2.75, 3.05) is 18.5 Å². The molecule has 0 aliphatic heterocycles. The molecule has 100 valence electrons. The van der Waals surface area contributed by atoms with E-state index in [1.54, 1.807) is 6.33 Å². The molecule has 1 saturated carbocycles. The zero-order valence-corrected chi connectivity index (χ0v) is 10.9. The number of nitrogens with zero attached hydrogens (tertiary/aromatic N) is 2. The summed E-state index contributed by atoms with van der Waals surface area (Å²) in [6.45, 7) is 3.50. The maximum absolute atomic E-state index is 5.78. The van der Waals surface area contributed by atoms with E-state index in [1.807, 2.05) is 6.07 Å². The Kier molecular flexibility index (Phi) is 4.75. The molecule has 2 unspecified atom stereocenters. The van der Waals surface area contributed by atoms with Crippen LogP contribution in [0.1, 0.15) is 32.6 Å². The highest BCUT2D eigenvalue weighted by Gasteiger charge is 2.26. The summed E-state index contributed by atoms with van der Waals surface area (Å²) in [5, 5.41) is 3.45. The van der Waals surface area contributed by atoms with Crippen LogP contribution in [0.25, 0.3) is 0 Å². The van der Waals surface area contributed by atoms with Gasteiger partial charge in [0.25, 0.3) is 0 Å². The fourth-order valence-corrected chi connectivity index (χ4v) is 2.40. The minimum Gasteiger partial charge on any atom is -0.478 e. The van der Waals surface area contributed by atoms with Gasteiger partial charge in [0.15, 0.2) is 0 Å². The van der Waals surface area contributed by atoms with E-state index in [0.29, 0.717) is 24.4 Å². The second-order valence-corrected chi connectivity index (χ2v) is 4.77. The van der Waals surface area contributed by atoms with E-state index < -0.39 is 0 Å². The summed E-state index contributed by atoms with van der Waals surface area (Å²) in [6, 6.07) is 2.30. The van der Waals surface area contributed by atoms with Gasteiger partial charge < -0.3 is 15.8 Å². The Hall–Kier alpha value is -1.36. The number of ether oxygens (including phenoxy) is 1. The molecule has 1 heterocycles. The van der Waals surface area contributed by atoms with Gasteiger partial charge in [-0.25, -0.2) is 9.97 Å². The molecule has 2 atom stereocenters. The second kappa shape index (κ2) is 6.54. The number of aromatic nitrogens is 2. The molecule has 5 nitrogen and oxygen atoms in total. The second-order valence-electron chi connectivity index (χ2n) is 4.77. The molecule has 0 saturated heterocycles. The van der Waals surface area contributed by atoms with Crippen LogP contribution in [0.15, 0.2) is 12.4 Å². The van der Waals surface area contributed by atoms with E-state index in [2.05, 4.69) is 22.2 Å². The van der Waals surface area contributed by atoms with Crippen LogP contribution in [0.4, 0.5) is 5.82 Å². The van der Waals surface area contributed by atoms with E-state index in [-0.39, 0.29) is 0 Å². The topological polar surface area (TPSA) is 73.1 Å². The molecule has 18 heavy (non-hydrogen) atoms.